The Labute approximate surface area is 142 Å². The number of piperazine rings is 1. The van der Waals surface area contributed by atoms with Crippen molar-refractivity contribution in [1.82, 2.24) is 10.2 Å². The summed E-state index contributed by atoms with van der Waals surface area (Å²) >= 11 is 0. The number of nitrogens with one attached hydrogen (secondary N) is 1. The van der Waals surface area contributed by atoms with Crippen molar-refractivity contribution >= 4 is 5.91 Å². The van der Waals surface area contributed by atoms with E-state index < -0.39 is 0 Å². The molecule has 2 aromatic carbocycles. The lowest BCUT2D eigenvalue weighted by Crippen LogP contribution is -2.55. The van der Waals surface area contributed by atoms with E-state index in [0.717, 1.165) is 18.7 Å². The summed E-state index contributed by atoms with van der Waals surface area (Å²) in [6.45, 7) is 5.00. The summed E-state index contributed by atoms with van der Waals surface area (Å²) in [4.78, 5) is 15.1. The minimum atomic E-state index is -0.0573. The molecule has 0 unspecified atom stereocenters. The second-order valence-corrected chi connectivity index (χ2v) is 7.15. The summed E-state index contributed by atoms with van der Waals surface area (Å²) in [5.41, 5.74) is 4.93. The summed E-state index contributed by atoms with van der Waals surface area (Å²) in [6.07, 6.45) is 0.994. The summed E-state index contributed by atoms with van der Waals surface area (Å²) in [7, 11) is 0. The van der Waals surface area contributed by atoms with Gasteiger partial charge in [-0.25, -0.2) is 0 Å². The molecule has 2 saturated heterocycles. The molecule has 2 aliphatic heterocycles. The fourth-order valence-electron chi connectivity index (χ4n) is 5.05. The Balaban J connectivity index is 1.58. The molecule has 0 radical (unpaired) electrons. The molecule has 0 saturated carbocycles. The summed E-state index contributed by atoms with van der Waals surface area (Å²) in [5, 5.41) is 3.04. The molecule has 2 heterocycles. The van der Waals surface area contributed by atoms with E-state index in [9.17, 15) is 4.79 Å². The second-order valence-electron chi connectivity index (χ2n) is 7.15. The van der Waals surface area contributed by atoms with E-state index in [1.165, 1.54) is 16.7 Å². The first-order valence-corrected chi connectivity index (χ1v) is 8.61. The van der Waals surface area contributed by atoms with Crippen LogP contribution < -0.4 is 5.32 Å². The molecule has 3 aliphatic rings. The Morgan fingerprint density at radius 1 is 1.04 bits per heavy atom. The molecule has 1 amide bonds. The van der Waals surface area contributed by atoms with Crippen molar-refractivity contribution in [2.75, 3.05) is 0 Å². The SMILES string of the molecule is C=C1NC(=O)[C@@H]2[C@@H]3Cc4ccccc4[C@@H]3[C@H]1N2Cc1ccccc1. The molecular weight excluding hydrogens is 296 g/mol. The van der Waals surface area contributed by atoms with Gasteiger partial charge < -0.3 is 5.32 Å². The average Bonchev–Trinajstić information content (AvgIpc) is 3.06. The first-order valence-electron chi connectivity index (χ1n) is 8.61. The van der Waals surface area contributed by atoms with Crippen LogP contribution in [-0.2, 0) is 17.8 Å². The number of carbonyl (C=O) groups is 1. The molecule has 2 bridgehead atoms. The predicted molar refractivity (Wildman–Crippen MR) is 93.2 cm³/mol. The summed E-state index contributed by atoms with van der Waals surface area (Å²) < 4.78 is 0. The lowest BCUT2D eigenvalue weighted by molar-refractivity contribution is -0.128. The molecule has 1 aliphatic carbocycles. The minimum absolute atomic E-state index is 0.0573. The lowest BCUT2D eigenvalue weighted by atomic mass is 9.87. The topological polar surface area (TPSA) is 32.3 Å². The van der Waals surface area contributed by atoms with Gasteiger partial charge in [0.1, 0.15) is 0 Å². The van der Waals surface area contributed by atoms with Crippen LogP contribution in [-0.4, -0.2) is 22.9 Å². The zero-order chi connectivity index (χ0) is 16.3. The van der Waals surface area contributed by atoms with E-state index in [0.29, 0.717) is 11.8 Å². The van der Waals surface area contributed by atoms with Crippen molar-refractivity contribution in [3.05, 3.63) is 83.6 Å². The number of fused-ring (bicyclic) bond motifs is 7. The monoisotopic (exact) mass is 316 g/mol. The number of nitrogens with zero attached hydrogens (tertiary/aromatic N) is 1. The fourth-order valence-corrected chi connectivity index (χ4v) is 5.05. The van der Waals surface area contributed by atoms with Gasteiger partial charge in [0, 0.05) is 18.2 Å². The molecule has 24 heavy (non-hydrogen) atoms. The highest BCUT2D eigenvalue weighted by Gasteiger charge is 2.58. The van der Waals surface area contributed by atoms with E-state index in [2.05, 4.69) is 65.3 Å². The molecule has 1 N–H and O–H groups in total. The molecule has 4 atom stereocenters. The third-order valence-electron chi connectivity index (χ3n) is 5.91. The van der Waals surface area contributed by atoms with Crippen molar-refractivity contribution in [3.63, 3.8) is 0 Å². The fraction of sp³-hybridized carbons (Fsp3) is 0.286. The molecule has 3 heteroatoms. The number of carbonyl (C=O) groups excluding carboxylic acids is 1. The third kappa shape index (κ3) is 1.85. The highest BCUT2D eigenvalue weighted by Crippen LogP contribution is 2.53. The molecule has 0 aromatic heterocycles. The van der Waals surface area contributed by atoms with E-state index in [4.69, 9.17) is 0 Å². The molecule has 3 nitrogen and oxygen atoms in total. The number of benzene rings is 2. The number of amides is 1. The van der Waals surface area contributed by atoms with E-state index in [1.807, 2.05) is 6.07 Å². The largest absolute Gasteiger partial charge is 0.327 e. The number of hydrogen-bond acceptors (Lipinski definition) is 2. The second kappa shape index (κ2) is 5.05. The maximum atomic E-state index is 12.7. The smallest absolute Gasteiger partial charge is 0.241 e. The van der Waals surface area contributed by atoms with Gasteiger partial charge in [0.05, 0.1) is 12.1 Å². The zero-order valence-corrected chi connectivity index (χ0v) is 13.5. The van der Waals surface area contributed by atoms with Crippen LogP contribution in [0.25, 0.3) is 0 Å². The van der Waals surface area contributed by atoms with Crippen LogP contribution >= 0.6 is 0 Å². The molecule has 0 spiro atoms. The van der Waals surface area contributed by atoms with Gasteiger partial charge in [0.15, 0.2) is 0 Å². The van der Waals surface area contributed by atoms with E-state index in [-0.39, 0.29) is 18.0 Å². The van der Waals surface area contributed by atoms with E-state index >= 15 is 0 Å². The Bertz CT molecular complexity index is 829. The molecule has 5 rings (SSSR count). The molecule has 120 valence electrons. The van der Waals surface area contributed by atoms with Crippen LogP contribution in [0, 0.1) is 5.92 Å². The van der Waals surface area contributed by atoms with Gasteiger partial charge >= 0.3 is 0 Å². The van der Waals surface area contributed by atoms with Crippen molar-refractivity contribution in [2.45, 2.75) is 31.0 Å². The lowest BCUT2D eigenvalue weighted by Gasteiger charge is -2.37. The van der Waals surface area contributed by atoms with Gasteiger partial charge in [-0.2, -0.15) is 0 Å². The van der Waals surface area contributed by atoms with Crippen LogP contribution in [0.5, 0.6) is 0 Å². The Morgan fingerprint density at radius 2 is 1.79 bits per heavy atom. The highest BCUT2D eigenvalue weighted by atomic mass is 16.2. The van der Waals surface area contributed by atoms with Crippen molar-refractivity contribution in [1.29, 1.82) is 0 Å². The summed E-state index contributed by atoms with van der Waals surface area (Å²) in [6, 6.07) is 19.2. The first kappa shape index (κ1) is 14.0. The van der Waals surface area contributed by atoms with Gasteiger partial charge in [-0.15, -0.1) is 0 Å². The van der Waals surface area contributed by atoms with Gasteiger partial charge in [0.2, 0.25) is 5.91 Å². The van der Waals surface area contributed by atoms with Crippen LogP contribution in [0.2, 0.25) is 0 Å². The van der Waals surface area contributed by atoms with Crippen molar-refractivity contribution in [3.8, 4) is 0 Å². The maximum absolute atomic E-state index is 12.7. The Morgan fingerprint density at radius 3 is 2.62 bits per heavy atom. The Hall–Kier alpha value is -2.39. The minimum Gasteiger partial charge on any atom is -0.327 e. The number of hydrogen-bond donors (Lipinski definition) is 1. The Kier molecular flexibility index (Phi) is 2.95. The number of rotatable bonds is 2. The van der Waals surface area contributed by atoms with Gasteiger partial charge in [-0.3, -0.25) is 9.69 Å². The normalized spacial score (nSPS) is 30.8. The first-order chi connectivity index (χ1) is 11.7. The predicted octanol–water partition coefficient (Wildman–Crippen LogP) is 2.84. The molecular formula is C21H20N2O. The van der Waals surface area contributed by atoms with Crippen molar-refractivity contribution in [2.24, 2.45) is 5.92 Å². The van der Waals surface area contributed by atoms with Gasteiger partial charge in [-0.1, -0.05) is 61.2 Å². The van der Waals surface area contributed by atoms with Crippen LogP contribution in [0.15, 0.2) is 66.9 Å². The average molecular weight is 316 g/mol. The van der Waals surface area contributed by atoms with Crippen LogP contribution in [0.3, 0.4) is 0 Å². The standard InChI is InChI=1S/C21H20N2O/c1-13-19-18-16-10-6-5-9-15(16)11-17(18)20(21(24)22-13)23(19)12-14-7-3-2-4-8-14/h2-10,17-20H,1,11-12H2,(H,22,24)/t17-,18+,19+,20+/m1/s1. The highest BCUT2D eigenvalue weighted by molar-refractivity contribution is 5.87. The van der Waals surface area contributed by atoms with Gasteiger partial charge in [0.25, 0.3) is 0 Å². The van der Waals surface area contributed by atoms with Gasteiger partial charge in [-0.05, 0) is 29.0 Å². The quantitative estimate of drug-likeness (QED) is 0.924. The molecule has 2 aromatic rings. The van der Waals surface area contributed by atoms with E-state index in [1.54, 1.807) is 0 Å². The third-order valence-corrected chi connectivity index (χ3v) is 5.91. The van der Waals surface area contributed by atoms with Crippen LogP contribution in [0.4, 0.5) is 0 Å². The van der Waals surface area contributed by atoms with Crippen molar-refractivity contribution < 1.29 is 4.79 Å². The maximum Gasteiger partial charge on any atom is 0.241 e. The summed E-state index contributed by atoms with van der Waals surface area (Å²) in [5.74, 6) is 0.851. The molecule has 2 fully saturated rings. The zero-order valence-electron chi connectivity index (χ0n) is 13.5. The van der Waals surface area contributed by atoms with Crippen LogP contribution in [0.1, 0.15) is 22.6 Å².